The normalized spacial score (nSPS) is 14.1. The number of nitrogens with zero attached hydrogens (tertiary/aromatic N) is 4. The summed E-state index contributed by atoms with van der Waals surface area (Å²) >= 11 is 6.68. The molecule has 0 aliphatic carbocycles. The molecule has 8 heteroatoms. The van der Waals surface area contributed by atoms with Gasteiger partial charge in [0.25, 0.3) is 5.56 Å². The Labute approximate surface area is 177 Å². The first-order valence-electron chi connectivity index (χ1n) is 9.78. The molecule has 3 aromatic heterocycles. The summed E-state index contributed by atoms with van der Waals surface area (Å²) in [6.45, 7) is 3.88. The number of fused-ring (bicyclic) bond motifs is 1. The molecule has 1 aromatic carbocycles. The number of aromatic amines is 1. The van der Waals surface area contributed by atoms with E-state index in [-0.39, 0.29) is 5.56 Å². The summed E-state index contributed by atoms with van der Waals surface area (Å²) in [5.74, 6) is 1.04. The van der Waals surface area contributed by atoms with Crippen LogP contribution in [0.5, 0.6) is 0 Å². The molecule has 0 atom stereocenters. The lowest BCUT2D eigenvalue weighted by atomic mass is 10.1. The van der Waals surface area contributed by atoms with E-state index in [1.165, 1.54) is 0 Å². The number of aromatic nitrogens is 4. The fourth-order valence-electron chi connectivity index (χ4n) is 3.82. The van der Waals surface area contributed by atoms with Gasteiger partial charge in [0.2, 0.25) is 0 Å². The molecule has 0 saturated carbocycles. The number of furan rings is 1. The largest absolute Gasteiger partial charge is 0.461 e. The number of aryl methyl sites for hydroxylation is 1. The third-order valence-electron chi connectivity index (χ3n) is 5.41. The molecule has 7 nitrogen and oxygen atoms in total. The summed E-state index contributed by atoms with van der Waals surface area (Å²) in [6, 6.07) is 13.4. The van der Waals surface area contributed by atoms with Crippen LogP contribution in [-0.2, 0) is 19.5 Å². The predicted octanol–water partition coefficient (Wildman–Crippen LogP) is 3.74. The van der Waals surface area contributed by atoms with E-state index >= 15 is 0 Å². The molecule has 0 fully saturated rings. The number of para-hydroxylation sites is 1. The van der Waals surface area contributed by atoms with Gasteiger partial charge in [0, 0.05) is 31.6 Å². The number of rotatable bonds is 4. The number of hydrogen-bond donors (Lipinski definition) is 1. The van der Waals surface area contributed by atoms with Crippen LogP contribution in [0, 0.1) is 6.92 Å². The van der Waals surface area contributed by atoms with Crippen molar-refractivity contribution in [3.63, 3.8) is 0 Å². The Morgan fingerprint density at radius 2 is 2.03 bits per heavy atom. The Bertz CT molecular complexity index is 1240. The highest BCUT2D eigenvalue weighted by Crippen LogP contribution is 2.27. The average Bonchev–Trinajstić information content (AvgIpc) is 3.39. The second-order valence-corrected chi connectivity index (χ2v) is 7.74. The minimum Gasteiger partial charge on any atom is -0.461 e. The summed E-state index contributed by atoms with van der Waals surface area (Å²) in [7, 11) is 0. The van der Waals surface area contributed by atoms with Gasteiger partial charge in [-0.25, -0.2) is 9.67 Å². The summed E-state index contributed by atoms with van der Waals surface area (Å²) in [6.07, 6.45) is 2.26. The number of benzene rings is 1. The van der Waals surface area contributed by atoms with Gasteiger partial charge in [-0.2, -0.15) is 5.10 Å². The molecule has 1 aliphatic rings. The molecule has 1 aliphatic heterocycles. The molecular formula is C22H20ClN5O2. The maximum Gasteiger partial charge on any atom is 0.256 e. The summed E-state index contributed by atoms with van der Waals surface area (Å²) < 4.78 is 7.12. The van der Waals surface area contributed by atoms with E-state index < -0.39 is 0 Å². The van der Waals surface area contributed by atoms with Crippen molar-refractivity contribution in [1.82, 2.24) is 24.6 Å². The Balaban J connectivity index is 1.40. The van der Waals surface area contributed by atoms with Crippen LogP contribution in [0.1, 0.15) is 22.5 Å². The van der Waals surface area contributed by atoms with Crippen molar-refractivity contribution < 1.29 is 4.42 Å². The highest BCUT2D eigenvalue weighted by Gasteiger charge is 2.24. The lowest BCUT2D eigenvalue weighted by molar-refractivity contribution is 0.241. The lowest BCUT2D eigenvalue weighted by Crippen LogP contribution is -2.35. The van der Waals surface area contributed by atoms with Crippen molar-refractivity contribution in [2.75, 3.05) is 6.54 Å². The first kappa shape index (κ1) is 18.8. The van der Waals surface area contributed by atoms with Crippen LogP contribution in [0.25, 0.3) is 17.3 Å². The first-order valence-corrected chi connectivity index (χ1v) is 10.2. The van der Waals surface area contributed by atoms with Crippen molar-refractivity contribution >= 4 is 11.6 Å². The zero-order chi connectivity index (χ0) is 20.7. The summed E-state index contributed by atoms with van der Waals surface area (Å²) in [4.78, 5) is 22.4. The van der Waals surface area contributed by atoms with E-state index in [2.05, 4.69) is 20.0 Å². The Kier molecular flexibility index (Phi) is 4.77. The van der Waals surface area contributed by atoms with Crippen molar-refractivity contribution in [3.8, 4) is 17.3 Å². The third kappa shape index (κ3) is 3.36. The molecule has 0 amide bonds. The van der Waals surface area contributed by atoms with E-state index in [0.717, 1.165) is 29.2 Å². The first-order chi connectivity index (χ1) is 14.6. The molecular weight excluding hydrogens is 402 g/mol. The zero-order valence-electron chi connectivity index (χ0n) is 16.4. The topological polar surface area (TPSA) is 80.0 Å². The zero-order valence-corrected chi connectivity index (χ0v) is 17.2. The van der Waals surface area contributed by atoms with Crippen LogP contribution in [0.2, 0.25) is 5.15 Å². The molecule has 0 bridgehead atoms. The van der Waals surface area contributed by atoms with E-state index in [0.29, 0.717) is 41.8 Å². The fraction of sp³-hybridized carbons (Fsp3) is 0.227. The standard InChI is InChI=1S/C22H20ClN5O2/c1-14-16(20(23)28(26-14)15-6-3-2-4-7-15)12-27-10-9-18-17(13-27)22(29)25-21(24-18)19-8-5-11-30-19/h2-8,11H,9-10,12-13H2,1H3,(H,24,25,29). The smallest absolute Gasteiger partial charge is 0.256 e. The Morgan fingerprint density at radius 1 is 1.20 bits per heavy atom. The van der Waals surface area contributed by atoms with Crippen LogP contribution < -0.4 is 5.56 Å². The van der Waals surface area contributed by atoms with E-state index in [1.807, 2.05) is 37.3 Å². The van der Waals surface area contributed by atoms with Crippen molar-refractivity contribution in [2.45, 2.75) is 26.4 Å². The molecule has 0 spiro atoms. The monoisotopic (exact) mass is 421 g/mol. The van der Waals surface area contributed by atoms with E-state index in [9.17, 15) is 4.79 Å². The third-order valence-corrected chi connectivity index (χ3v) is 5.79. The van der Waals surface area contributed by atoms with Crippen LogP contribution in [0.3, 0.4) is 0 Å². The quantitative estimate of drug-likeness (QED) is 0.543. The lowest BCUT2D eigenvalue weighted by Gasteiger charge is -2.27. The van der Waals surface area contributed by atoms with E-state index in [1.54, 1.807) is 23.1 Å². The van der Waals surface area contributed by atoms with Gasteiger partial charge >= 0.3 is 0 Å². The van der Waals surface area contributed by atoms with Gasteiger partial charge in [-0.3, -0.25) is 9.69 Å². The summed E-state index contributed by atoms with van der Waals surface area (Å²) in [5, 5.41) is 5.22. The number of hydrogen-bond acceptors (Lipinski definition) is 5. The number of halogens is 1. The molecule has 4 heterocycles. The molecule has 0 unspecified atom stereocenters. The molecule has 0 saturated heterocycles. The highest BCUT2D eigenvalue weighted by atomic mass is 35.5. The maximum atomic E-state index is 12.7. The number of nitrogens with one attached hydrogen (secondary N) is 1. The van der Waals surface area contributed by atoms with Crippen LogP contribution in [-0.4, -0.2) is 31.2 Å². The Hall–Kier alpha value is -3.16. The van der Waals surface area contributed by atoms with Crippen LogP contribution in [0.4, 0.5) is 0 Å². The molecule has 1 N–H and O–H groups in total. The van der Waals surface area contributed by atoms with E-state index in [4.69, 9.17) is 16.0 Å². The molecule has 5 rings (SSSR count). The maximum absolute atomic E-state index is 12.7. The van der Waals surface area contributed by atoms with Gasteiger partial charge < -0.3 is 9.40 Å². The average molecular weight is 422 g/mol. The minimum absolute atomic E-state index is 0.126. The van der Waals surface area contributed by atoms with Gasteiger partial charge in [-0.15, -0.1) is 0 Å². The van der Waals surface area contributed by atoms with Gasteiger partial charge in [0.05, 0.1) is 28.9 Å². The predicted molar refractivity (Wildman–Crippen MR) is 114 cm³/mol. The van der Waals surface area contributed by atoms with Crippen molar-refractivity contribution in [1.29, 1.82) is 0 Å². The number of H-pyrrole nitrogens is 1. The van der Waals surface area contributed by atoms with Gasteiger partial charge in [0.1, 0.15) is 5.15 Å². The second kappa shape index (κ2) is 7.59. The molecule has 0 radical (unpaired) electrons. The van der Waals surface area contributed by atoms with Gasteiger partial charge in [-0.05, 0) is 31.2 Å². The molecule has 30 heavy (non-hydrogen) atoms. The second-order valence-electron chi connectivity index (χ2n) is 7.38. The van der Waals surface area contributed by atoms with Crippen molar-refractivity contribution in [2.24, 2.45) is 0 Å². The van der Waals surface area contributed by atoms with Crippen molar-refractivity contribution in [3.05, 3.63) is 86.7 Å². The Morgan fingerprint density at radius 3 is 2.80 bits per heavy atom. The summed E-state index contributed by atoms with van der Waals surface area (Å²) in [5.41, 5.74) is 4.17. The van der Waals surface area contributed by atoms with Gasteiger partial charge in [-0.1, -0.05) is 29.8 Å². The molecule has 4 aromatic rings. The highest BCUT2D eigenvalue weighted by molar-refractivity contribution is 6.30. The van der Waals surface area contributed by atoms with Crippen LogP contribution >= 0.6 is 11.6 Å². The minimum atomic E-state index is -0.126. The SMILES string of the molecule is Cc1nn(-c2ccccc2)c(Cl)c1CN1CCc2nc(-c3ccco3)[nH]c(=O)c2C1. The van der Waals surface area contributed by atoms with Gasteiger partial charge in [0.15, 0.2) is 11.6 Å². The molecule has 152 valence electrons. The van der Waals surface area contributed by atoms with Crippen LogP contribution in [0.15, 0.2) is 57.9 Å². The fourth-order valence-corrected chi connectivity index (χ4v) is 4.15.